The SMILES string of the molecule is CC1=CC23C(=O)C(C=C4COC(C)(C)OC4C2(O)C1OC(=O)C1C(C)(C)C1(C)C)C1C(CC3C)C1(C)C. The number of fused-ring (bicyclic) bond motifs is 5. The van der Waals surface area contributed by atoms with Gasteiger partial charge in [0.2, 0.25) is 0 Å². The topological polar surface area (TPSA) is 82.1 Å². The lowest BCUT2D eigenvalue weighted by molar-refractivity contribution is -0.304. The summed E-state index contributed by atoms with van der Waals surface area (Å²) in [6.45, 7) is 20.8. The first-order chi connectivity index (χ1) is 16.9. The van der Waals surface area contributed by atoms with Crippen molar-refractivity contribution in [1.29, 1.82) is 0 Å². The first-order valence-electron chi connectivity index (χ1n) is 14.0. The molecule has 5 aliphatic carbocycles. The van der Waals surface area contributed by atoms with E-state index in [4.69, 9.17) is 14.2 Å². The molecule has 1 spiro atoms. The van der Waals surface area contributed by atoms with Crippen LogP contribution in [0.4, 0.5) is 0 Å². The van der Waals surface area contributed by atoms with Crippen LogP contribution in [0.3, 0.4) is 0 Å². The molecule has 1 heterocycles. The quantitative estimate of drug-likeness (QED) is 0.421. The van der Waals surface area contributed by atoms with Crippen LogP contribution >= 0.6 is 0 Å². The zero-order chi connectivity index (χ0) is 27.3. The third-order valence-corrected chi connectivity index (χ3v) is 12.2. The van der Waals surface area contributed by atoms with Gasteiger partial charge in [0.1, 0.15) is 6.10 Å². The van der Waals surface area contributed by atoms with Crippen LogP contribution < -0.4 is 0 Å². The van der Waals surface area contributed by atoms with Crippen LogP contribution in [-0.2, 0) is 23.8 Å². The Bertz CT molecular complexity index is 1140. The standard InChI is InChI=1S/C31H44O6/c1-15-13-30-16(2)11-19-20(26(19,3)4)18(22(30)32)12-17-14-35-29(9,10)37-24(17)31(30,34)23(15)36-25(33)21-27(5,6)28(21,7)8/h12-13,16,18-21,23-24,34H,11,14H2,1-10H3. The fourth-order valence-corrected chi connectivity index (χ4v) is 9.27. The van der Waals surface area contributed by atoms with Gasteiger partial charge in [-0.05, 0) is 72.3 Å². The molecule has 0 amide bonds. The number of rotatable bonds is 2. The van der Waals surface area contributed by atoms with Crippen LogP contribution in [0, 0.1) is 51.2 Å². The second-order valence-corrected chi connectivity index (χ2v) is 15.2. The highest BCUT2D eigenvalue weighted by Gasteiger charge is 2.78. The molecule has 3 saturated carbocycles. The number of esters is 1. The number of hydrogen-bond acceptors (Lipinski definition) is 6. The van der Waals surface area contributed by atoms with Gasteiger partial charge >= 0.3 is 5.97 Å². The van der Waals surface area contributed by atoms with E-state index < -0.39 is 29.0 Å². The van der Waals surface area contributed by atoms with Crippen molar-refractivity contribution < 1.29 is 28.9 Å². The van der Waals surface area contributed by atoms with Crippen molar-refractivity contribution in [1.82, 2.24) is 0 Å². The molecule has 0 radical (unpaired) electrons. The molecule has 2 bridgehead atoms. The van der Waals surface area contributed by atoms with Gasteiger partial charge in [0.05, 0.1) is 17.9 Å². The van der Waals surface area contributed by atoms with E-state index in [1.165, 1.54) is 0 Å². The van der Waals surface area contributed by atoms with Gasteiger partial charge in [-0.2, -0.15) is 0 Å². The van der Waals surface area contributed by atoms with Gasteiger partial charge in [0.25, 0.3) is 0 Å². The Morgan fingerprint density at radius 3 is 2.30 bits per heavy atom. The summed E-state index contributed by atoms with van der Waals surface area (Å²) in [5.74, 6) is -1.35. The van der Waals surface area contributed by atoms with E-state index in [2.05, 4.69) is 48.5 Å². The molecule has 6 aliphatic rings. The normalized spacial score (nSPS) is 47.8. The molecular formula is C31H44O6. The van der Waals surface area contributed by atoms with Gasteiger partial charge in [0.15, 0.2) is 23.3 Å². The minimum Gasteiger partial charge on any atom is -0.454 e. The van der Waals surface area contributed by atoms with E-state index in [0.29, 0.717) is 5.92 Å². The van der Waals surface area contributed by atoms with Gasteiger partial charge in [-0.15, -0.1) is 0 Å². The van der Waals surface area contributed by atoms with Crippen LogP contribution in [0.25, 0.3) is 0 Å². The third kappa shape index (κ3) is 2.88. The lowest BCUT2D eigenvalue weighted by Gasteiger charge is -2.52. The monoisotopic (exact) mass is 512 g/mol. The van der Waals surface area contributed by atoms with Crippen LogP contribution in [0.1, 0.15) is 75.7 Å². The van der Waals surface area contributed by atoms with Gasteiger partial charge in [-0.3, -0.25) is 9.59 Å². The maximum atomic E-state index is 14.7. The van der Waals surface area contributed by atoms with Crippen molar-refractivity contribution in [2.75, 3.05) is 6.61 Å². The highest BCUT2D eigenvalue weighted by atomic mass is 16.7. The molecule has 204 valence electrons. The summed E-state index contributed by atoms with van der Waals surface area (Å²) in [5, 5.41) is 13.1. The lowest BCUT2D eigenvalue weighted by Crippen LogP contribution is -2.68. The first kappa shape index (κ1) is 25.8. The highest BCUT2D eigenvalue weighted by Crippen LogP contribution is 2.73. The van der Waals surface area contributed by atoms with Gasteiger partial charge in [-0.25, -0.2) is 0 Å². The molecule has 0 aromatic carbocycles. The van der Waals surface area contributed by atoms with Crippen molar-refractivity contribution in [3.05, 3.63) is 23.3 Å². The molecule has 8 unspecified atom stereocenters. The van der Waals surface area contributed by atoms with Crippen molar-refractivity contribution >= 4 is 11.8 Å². The number of aliphatic hydroxyl groups is 1. The van der Waals surface area contributed by atoms with Crippen LogP contribution in [0.5, 0.6) is 0 Å². The average molecular weight is 513 g/mol. The van der Waals surface area contributed by atoms with Crippen molar-refractivity contribution in [2.24, 2.45) is 51.2 Å². The summed E-state index contributed by atoms with van der Waals surface area (Å²) in [4.78, 5) is 28.4. The Balaban J connectivity index is 1.50. The fraction of sp³-hybridized carbons (Fsp3) is 0.806. The molecule has 0 aromatic heterocycles. The minimum atomic E-state index is -1.75. The Morgan fingerprint density at radius 2 is 1.70 bits per heavy atom. The van der Waals surface area contributed by atoms with Crippen molar-refractivity contribution in [3.63, 3.8) is 0 Å². The predicted octanol–water partition coefficient (Wildman–Crippen LogP) is 4.85. The Hall–Kier alpha value is -1.50. The van der Waals surface area contributed by atoms with Gasteiger partial charge < -0.3 is 19.3 Å². The minimum absolute atomic E-state index is 0.0360. The fourth-order valence-electron chi connectivity index (χ4n) is 9.27. The van der Waals surface area contributed by atoms with E-state index in [1.807, 2.05) is 32.9 Å². The van der Waals surface area contributed by atoms with Crippen LogP contribution in [0.15, 0.2) is 23.3 Å². The zero-order valence-electron chi connectivity index (χ0n) is 24.1. The molecule has 37 heavy (non-hydrogen) atoms. The van der Waals surface area contributed by atoms with Crippen LogP contribution in [0.2, 0.25) is 0 Å². The van der Waals surface area contributed by atoms with E-state index >= 15 is 0 Å². The molecule has 0 aromatic rings. The maximum Gasteiger partial charge on any atom is 0.310 e. The highest BCUT2D eigenvalue weighted by molar-refractivity contribution is 5.95. The second kappa shape index (κ2) is 6.98. The smallest absolute Gasteiger partial charge is 0.310 e. The predicted molar refractivity (Wildman–Crippen MR) is 138 cm³/mol. The molecular weight excluding hydrogens is 468 g/mol. The largest absolute Gasteiger partial charge is 0.454 e. The van der Waals surface area contributed by atoms with Crippen molar-refractivity contribution in [2.45, 2.75) is 99.3 Å². The van der Waals surface area contributed by atoms with Gasteiger partial charge in [0, 0.05) is 5.92 Å². The average Bonchev–Trinajstić information content (AvgIpc) is 3.44. The van der Waals surface area contributed by atoms with E-state index in [0.717, 1.165) is 17.6 Å². The second-order valence-electron chi connectivity index (χ2n) is 15.2. The molecule has 6 heteroatoms. The molecule has 1 N–H and O–H groups in total. The number of hydrogen-bond donors (Lipinski definition) is 1. The summed E-state index contributed by atoms with van der Waals surface area (Å²) in [6.07, 6.45) is 3.04. The van der Waals surface area contributed by atoms with Gasteiger partial charge in [-0.1, -0.05) is 60.6 Å². The zero-order valence-corrected chi connectivity index (χ0v) is 24.1. The summed E-state index contributed by atoms with van der Waals surface area (Å²) < 4.78 is 18.9. The number of Topliss-reactive ketones (excluding diaryl/α,β-unsaturated/α-hetero) is 1. The summed E-state index contributed by atoms with van der Waals surface area (Å²) >= 11 is 0. The molecule has 6 rings (SSSR count). The summed E-state index contributed by atoms with van der Waals surface area (Å²) in [5.41, 5.74) is -1.78. The number of ketones is 1. The van der Waals surface area contributed by atoms with E-state index in [-0.39, 0.29) is 58.3 Å². The molecule has 1 aliphatic heterocycles. The number of carbonyl (C=O) groups is 2. The summed E-state index contributed by atoms with van der Waals surface area (Å²) in [6, 6.07) is 0. The first-order valence-corrected chi connectivity index (χ1v) is 14.0. The molecule has 4 fully saturated rings. The number of carbonyl (C=O) groups excluding carboxylic acids is 2. The summed E-state index contributed by atoms with van der Waals surface area (Å²) in [7, 11) is 0. The third-order valence-electron chi connectivity index (χ3n) is 12.2. The maximum absolute atomic E-state index is 14.7. The van der Waals surface area contributed by atoms with E-state index in [1.54, 1.807) is 0 Å². The Labute approximate surface area is 221 Å². The molecule has 1 saturated heterocycles. The van der Waals surface area contributed by atoms with Crippen LogP contribution in [-0.4, -0.2) is 47.1 Å². The lowest BCUT2D eigenvalue weighted by atomic mass is 9.59. The molecule has 8 atom stereocenters. The van der Waals surface area contributed by atoms with E-state index in [9.17, 15) is 14.7 Å². The number of allylic oxidation sites excluding steroid dienone is 1. The van der Waals surface area contributed by atoms with Crippen molar-refractivity contribution in [3.8, 4) is 0 Å². The Kier molecular flexibility index (Phi) is 4.86. The molecule has 6 nitrogen and oxygen atoms in total. The Morgan fingerprint density at radius 1 is 1.08 bits per heavy atom. The number of ether oxygens (including phenoxy) is 3.